The molecule has 1 aliphatic rings. The number of nitrogens with zero attached hydrogens (tertiary/aromatic N) is 2. The van der Waals surface area contributed by atoms with Crippen LogP contribution in [0.5, 0.6) is 11.5 Å². The van der Waals surface area contributed by atoms with Gasteiger partial charge in [0.2, 0.25) is 5.95 Å². The summed E-state index contributed by atoms with van der Waals surface area (Å²) >= 11 is 0. The molecule has 2 aromatic carbocycles. The van der Waals surface area contributed by atoms with E-state index in [0.717, 1.165) is 16.6 Å². The number of nitrogen functional groups attached to an aromatic ring is 2. The molecule has 4 aromatic rings. The van der Waals surface area contributed by atoms with E-state index in [4.69, 9.17) is 30.4 Å². The molecule has 5 rings (SSSR count). The van der Waals surface area contributed by atoms with Crippen LogP contribution in [0.4, 0.5) is 34.6 Å². The molecule has 0 atom stereocenters. The molecular weight excluding hydrogens is 450 g/mol. The zero-order valence-electron chi connectivity index (χ0n) is 19.0. The molecule has 3 heterocycles. The number of nitrogens with one attached hydrogen (secondary N) is 3. The minimum atomic E-state index is 0.159. The van der Waals surface area contributed by atoms with E-state index in [1.807, 2.05) is 48.7 Å². The van der Waals surface area contributed by atoms with Crippen molar-refractivity contribution < 1.29 is 18.9 Å². The van der Waals surface area contributed by atoms with Gasteiger partial charge in [-0.15, -0.1) is 0 Å². The largest absolute Gasteiger partial charge is 0.487 e. The van der Waals surface area contributed by atoms with Crippen molar-refractivity contribution in [3.63, 3.8) is 0 Å². The lowest BCUT2D eigenvalue weighted by atomic mass is 10.2. The molecule has 11 nitrogen and oxygen atoms in total. The average Bonchev–Trinajstić information content (AvgIpc) is 3.33. The van der Waals surface area contributed by atoms with Gasteiger partial charge in [-0.1, -0.05) is 12.1 Å². The van der Waals surface area contributed by atoms with Crippen molar-refractivity contribution in [2.45, 2.75) is 0 Å². The predicted molar refractivity (Wildman–Crippen MR) is 135 cm³/mol. The van der Waals surface area contributed by atoms with Crippen molar-refractivity contribution in [2.75, 3.05) is 61.7 Å². The minimum Gasteiger partial charge on any atom is -0.487 e. The Bertz CT molecular complexity index is 1310. The maximum absolute atomic E-state index is 6.18. The van der Waals surface area contributed by atoms with Crippen LogP contribution in [-0.2, 0) is 9.47 Å². The number of nitrogens with two attached hydrogens (primary N) is 2. The van der Waals surface area contributed by atoms with Gasteiger partial charge in [0.25, 0.3) is 0 Å². The van der Waals surface area contributed by atoms with Gasteiger partial charge in [-0.2, -0.15) is 9.97 Å². The van der Waals surface area contributed by atoms with Crippen molar-refractivity contribution in [3.8, 4) is 11.5 Å². The molecule has 0 saturated carbocycles. The third-order valence-corrected chi connectivity index (χ3v) is 5.36. The number of anilines is 6. The Hall–Kier alpha value is -4.22. The average molecular weight is 478 g/mol. The molecule has 0 aliphatic carbocycles. The van der Waals surface area contributed by atoms with E-state index in [-0.39, 0.29) is 17.5 Å². The molecule has 0 amide bonds. The van der Waals surface area contributed by atoms with Crippen LogP contribution in [0.3, 0.4) is 0 Å². The minimum absolute atomic E-state index is 0.159. The molecule has 0 fully saturated rings. The number of aromatic nitrogens is 3. The number of rotatable bonds is 4. The smallest absolute Gasteiger partial charge is 0.231 e. The molecule has 35 heavy (non-hydrogen) atoms. The van der Waals surface area contributed by atoms with Crippen LogP contribution in [0.2, 0.25) is 0 Å². The zero-order chi connectivity index (χ0) is 24.0. The third kappa shape index (κ3) is 5.31. The van der Waals surface area contributed by atoms with E-state index in [1.54, 1.807) is 0 Å². The van der Waals surface area contributed by atoms with E-state index in [1.165, 1.54) is 0 Å². The normalized spacial score (nSPS) is 14.6. The number of hydrogen-bond donors (Lipinski definition) is 5. The number of aromatic amines is 1. The van der Waals surface area contributed by atoms with Gasteiger partial charge in [-0.05, 0) is 24.3 Å². The summed E-state index contributed by atoms with van der Waals surface area (Å²) in [6.07, 6.45) is 1.87. The fourth-order valence-electron chi connectivity index (χ4n) is 3.64. The van der Waals surface area contributed by atoms with Gasteiger partial charge in [0.05, 0.1) is 37.6 Å². The Morgan fingerprint density at radius 3 is 2.40 bits per heavy atom. The summed E-state index contributed by atoms with van der Waals surface area (Å²) in [5, 5.41) is 7.49. The molecule has 2 aromatic heterocycles. The van der Waals surface area contributed by atoms with Crippen LogP contribution in [0.15, 0.2) is 48.7 Å². The van der Waals surface area contributed by atoms with E-state index in [0.29, 0.717) is 62.6 Å². The number of para-hydroxylation sites is 1. The van der Waals surface area contributed by atoms with E-state index in [9.17, 15) is 0 Å². The summed E-state index contributed by atoms with van der Waals surface area (Å²) in [5.41, 5.74) is 15.0. The van der Waals surface area contributed by atoms with Crippen LogP contribution in [-0.4, -0.2) is 54.6 Å². The first-order valence-electron chi connectivity index (χ1n) is 11.3. The fraction of sp³-hybridized carbons (Fsp3) is 0.250. The highest BCUT2D eigenvalue weighted by molar-refractivity contribution is 5.94. The van der Waals surface area contributed by atoms with Gasteiger partial charge in [0, 0.05) is 23.3 Å². The molecule has 7 N–H and O–H groups in total. The highest BCUT2D eigenvalue weighted by Crippen LogP contribution is 2.33. The summed E-state index contributed by atoms with van der Waals surface area (Å²) in [4.78, 5) is 12.1. The van der Waals surface area contributed by atoms with Crippen molar-refractivity contribution >= 4 is 45.5 Å². The third-order valence-electron chi connectivity index (χ3n) is 5.36. The van der Waals surface area contributed by atoms with Crippen LogP contribution in [0.1, 0.15) is 0 Å². The van der Waals surface area contributed by atoms with Crippen molar-refractivity contribution in [3.05, 3.63) is 48.7 Å². The Labute approximate surface area is 201 Å². The fourth-order valence-corrected chi connectivity index (χ4v) is 3.64. The maximum Gasteiger partial charge on any atom is 0.231 e. The molecule has 1 aliphatic heterocycles. The Balaban J connectivity index is 1.38. The van der Waals surface area contributed by atoms with E-state index < -0.39 is 0 Å². The standard InChI is InChI=1S/C24H27N7O4/c25-20-22(26)30-24(31-23(20)29-17-3-1-2-15-6-7-27-21(15)17)28-16-4-5-18-19(14-16)35-13-11-33-9-8-32-10-12-34-18/h1-7,14,27H,8-13,25H2,(H4,26,28,29,30,31). The van der Waals surface area contributed by atoms with Crippen molar-refractivity contribution in [1.29, 1.82) is 0 Å². The molecule has 0 spiro atoms. The Morgan fingerprint density at radius 2 is 1.57 bits per heavy atom. The lowest BCUT2D eigenvalue weighted by Crippen LogP contribution is -2.15. The highest BCUT2D eigenvalue weighted by Gasteiger charge is 2.14. The summed E-state index contributed by atoms with van der Waals surface area (Å²) in [6, 6.07) is 13.3. The highest BCUT2D eigenvalue weighted by atomic mass is 16.6. The molecule has 0 saturated heterocycles. The van der Waals surface area contributed by atoms with Crippen molar-refractivity contribution in [1.82, 2.24) is 15.0 Å². The molecule has 182 valence electrons. The number of benzene rings is 2. The van der Waals surface area contributed by atoms with Crippen LogP contribution in [0, 0.1) is 0 Å². The predicted octanol–water partition coefficient (Wildman–Crippen LogP) is 3.41. The number of hydrogen-bond acceptors (Lipinski definition) is 10. The first-order valence-corrected chi connectivity index (χ1v) is 11.3. The topological polar surface area (TPSA) is 155 Å². The lowest BCUT2D eigenvalue weighted by molar-refractivity contribution is 0.0223. The Kier molecular flexibility index (Phi) is 6.68. The number of H-pyrrole nitrogens is 1. The molecule has 0 unspecified atom stereocenters. The summed E-state index contributed by atoms with van der Waals surface area (Å²) in [6.45, 7) is 2.74. The Morgan fingerprint density at radius 1 is 0.800 bits per heavy atom. The van der Waals surface area contributed by atoms with Gasteiger partial charge < -0.3 is 46.0 Å². The summed E-state index contributed by atoms with van der Waals surface area (Å²) in [5.74, 6) is 2.01. The monoisotopic (exact) mass is 477 g/mol. The van der Waals surface area contributed by atoms with E-state index in [2.05, 4.69) is 25.6 Å². The second kappa shape index (κ2) is 10.4. The van der Waals surface area contributed by atoms with Gasteiger partial charge in [-0.25, -0.2) is 0 Å². The zero-order valence-corrected chi connectivity index (χ0v) is 19.0. The van der Waals surface area contributed by atoms with Gasteiger partial charge in [0.1, 0.15) is 18.9 Å². The van der Waals surface area contributed by atoms with Crippen molar-refractivity contribution in [2.24, 2.45) is 0 Å². The van der Waals surface area contributed by atoms with E-state index >= 15 is 0 Å². The first-order chi connectivity index (χ1) is 17.2. The molecule has 0 radical (unpaired) electrons. The molecule has 0 bridgehead atoms. The van der Waals surface area contributed by atoms with Gasteiger partial charge in [0.15, 0.2) is 23.1 Å². The number of fused-ring (bicyclic) bond motifs is 2. The SMILES string of the molecule is Nc1nc(Nc2ccc3c(c2)OCCOCCOCCO3)nc(Nc2cccc3cc[nH]c23)c1N. The maximum atomic E-state index is 6.18. The second-order valence-electron chi connectivity index (χ2n) is 7.78. The summed E-state index contributed by atoms with van der Waals surface area (Å²) < 4.78 is 22.7. The lowest BCUT2D eigenvalue weighted by Gasteiger charge is -2.17. The van der Waals surface area contributed by atoms with Crippen LogP contribution in [0.25, 0.3) is 10.9 Å². The molecular formula is C24H27N7O4. The van der Waals surface area contributed by atoms with Gasteiger partial charge in [-0.3, -0.25) is 0 Å². The first kappa shape index (κ1) is 22.6. The number of ether oxygens (including phenoxy) is 4. The van der Waals surface area contributed by atoms with Gasteiger partial charge >= 0.3 is 0 Å². The summed E-state index contributed by atoms with van der Waals surface area (Å²) in [7, 11) is 0. The van der Waals surface area contributed by atoms with Crippen LogP contribution >= 0.6 is 0 Å². The quantitative estimate of drug-likeness (QED) is 0.295. The molecule has 11 heteroatoms. The van der Waals surface area contributed by atoms with Crippen LogP contribution < -0.4 is 31.6 Å². The second-order valence-corrected chi connectivity index (χ2v) is 7.78.